The van der Waals surface area contributed by atoms with Crippen molar-refractivity contribution in [2.75, 3.05) is 13.2 Å². The second-order valence-electron chi connectivity index (χ2n) is 8.13. The molecule has 150 valence electrons. The van der Waals surface area contributed by atoms with Crippen molar-refractivity contribution in [3.63, 3.8) is 0 Å². The van der Waals surface area contributed by atoms with Crippen LogP contribution in [0.2, 0.25) is 0 Å². The van der Waals surface area contributed by atoms with Crippen LogP contribution >= 0.6 is 0 Å². The molecule has 2 fully saturated rings. The number of cyclic esters (lactones) is 1. The van der Waals surface area contributed by atoms with Gasteiger partial charge in [-0.25, -0.2) is 4.79 Å². The lowest BCUT2D eigenvalue weighted by Crippen LogP contribution is -2.58. The molecule has 5 atom stereocenters. The summed E-state index contributed by atoms with van der Waals surface area (Å²) < 4.78 is 17.1. The highest BCUT2D eigenvalue weighted by atomic mass is 16.6. The molecule has 0 aliphatic carbocycles. The Morgan fingerprint density at radius 1 is 1.26 bits per heavy atom. The van der Waals surface area contributed by atoms with E-state index >= 15 is 0 Å². The maximum absolute atomic E-state index is 12.4. The molecule has 1 aromatic rings. The highest BCUT2D eigenvalue weighted by Gasteiger charge is 2.47. The van der Waals surface area contributed by atoms with E-state index in [1.165, 1.54) is 0 Å². The number of carbonyl (C=O) groups excluding carboxylic acids is 1. The molecule has 0 unspecified atom stereocenters. The monoisotopic (exact) mass is 379 g/mol. The average molecular weight is 379 g/mol. The van der Waals surface area contributed by atoms with Gasteiger partial charge in [0.2, 0.25) is 0 Å². The van der Waals surface area contributed by atoms with Crippen LogP contribution in [0, 0.1) is 0 Å². The number of ether oxygens (including phenoxy) is 3. The van der Waals surface area contributed by atoms with E-state index in [1.54, 1.807) is 4.90 Å². The molecule has 0 aromatic heterocycles. The molecule has 0 bridgehead atoms. The van der Waals surface area contributed by atoms with Crippen LogP contribution in [0.4, 0.5) is 4.79 Å². The molecule has 7 nitrogen and oxygen atoms in total. The van der Waals surface area contributed by atoms with Crippen LogP contribution < -0.4 is 0 Å². The molecular formula is C20H29NO6. The van der Waals surface area contributed by atoms with Gasteiger partial charge in [-0.05, 0) is 32.8 Å². The number of benzene rings is 1. The van der Waals surface area contributed by atoms with Gasteiger partial charge >= 0.3 is 6.09 Å². The van der Waals surface area contributed by atoms with Gasteiger partial charge in [-0.3, -0.25) is 4.90 Å². The molecule has 2 heterocycles. The van der Waals surface area contributed by atoms with E-state index in [1.807, 2.05) is 51.1 Å². The van der Waals surface area contributed by atoms with E-state index in [0.29, 0.717) is 12.8 Å². The Kier molecular flexibility index (Phi) is 6.05. The topological polar surface area (TPSA) is 88.5 Å². The molecule has 0 radical (unpaired) electrons. The minimum Gasteiger partial charge on any atom is -0.447 e. The Morgan fingerprint density at radius 2 is 1.96 bits per heavy atom. The summed E-state index contributed by atoms with van der Waals surface area (Å²) in [5, 5.41) is 20.1. The predicted molar refractivity (Wildman–Crippen MR) is 98.1 cm³/mol. The summed E-state index contributed by atoms with van der Waals surface area (Å²) in [5.41, 5.74) is 0.630. The Morgan fingerprint density at radius 3 is 2.59 bits per heavy atom. The van der Waals surface area contributed by atoms with E-state index in [9.17, 15) is 15.0 Å². The van der Waals surface area contributed by atoms with Crippen LogP contribution in [0.25, 0.3) is 0 Å². The first-order valence-corrected chi connectivity index (χ1v) is 9.39. The minimum absolute atomic E-state index is 0.172. The maximum atomic E-state index is 12.4. The van der Waals surface area contributed by atoms with Gasteiger partial charge in [-0.2, -0.15) is 0 Å². The van der Waals surface area contributed by atoms with E-state index in [-0.39, 0.29) is 19.3 Å². The fourth-order valence-electron chi connectivity index (χ4n) is 3.69. The van der Waals surface area contributed by atoms with Crippen molar-refractivity contribution in [3.8, 4) is 0 Å². The van der Waals surface area contributed by atoms with Crippen molar-refractivity contribution < 1.29 is 29.2 Å². The number of hydrogen-bond acceptors (Lipinski definition) is 6. The third-order valence-corrected chi connectivity index (χ3v) is 4.84. The van der Waals surface area contributed by atoms with Gasteiger partial charge in [-0.1, -0.05) is 30.3 Å². The number of carbonyl (C=O) groups is 1. The number of hydrogen-bond donors (Lipinski definition) is 2. The van der Waals surface area contributed by atoms with Gasteiger partial charge in [0.25, 0.3) is 0 Å². The highest BCUT2D eigenvalue weighted by molar-refractivity contribution is 5.70. The lowest BCUT2D eigenvalue weighted by Gasteiger charge is -2.44. The standard InChI is InChI=1S/C20H29NO6/c1-20(2,3)27-15-10-17(26-16(11-22)18(15)23)21-14(12-25-19(21)24)9-13-7-5-4-6-8-13/h4-8,14-18,22-23H,9-12H2,1-3H3/t14-,15-,16-,17-,18+/m0/s1. The molecule has 2 saturated heterocycles. The molecule has 2 aliphatic heterocycles. The first-order chi connectivity index (χ1) is 12.8. The summed E-state index contributed by atoms with van der Waals surface area (Å²) in [6, 6.07) is 9.71. The quantitative estimate of drug-likeness (QED) is 0.810. The molecule has 1 amide bonds. The van der Waals surface area contributed by atoms with Gasteiger partial charge in [-0.15, -0.1) is 0 Å². The number of aliphatic hydroxyl groups is 2. The lowest BCUT2D eigenvalue weighted by molar-refractivity contribution is -0.239. The Labute approximate surface area is 159 Å². The smallest absolute Gasteiger partial charge is 0.412 e. The van der Waals surface area contributed by atoms with Crippen molar-refractivity contribution in [1.82, 2.24) is 4.90 Å². The molecule has 2 N–H and O–H groups in total. The molecule has 7 heteroatoms. The molecule has 27 heavy (non-hydrogen) atoms. The normalized spacial score (nSPS) is 31.8. The van der Waals surface area contributed by atoms with E-state index < -0.39 is 36.2 Å². The van der Waals surface area contributed by atoms with Crippen molar-refractivity contribution in [3.05, 3.63) is 35.9 Å². The zero-order chi connectivity index (χ0) is 19.6. The van der Waals surface area contributed by atoms with Crippen LogP contribution in [0.5, 0.6) is 0 Å². The number of amides is 1. The van der Waals surface area contributed by atoms with E-state index in [0.717, 1.165) is 5.56 Å². The fraction of sp³-hybridized carbons (Fsp3) is 0.650. The van der Waals surface area contributed by atoms with Crippen LogP contribution in [0.1, 0.15) is 32.8 Å². The molecule has 3 rings (SSSR count). The fourth-order valence-corrected chi connectivity index (χ4v) is 3.69. The van der Waals surface area contributed by atoms with E-state index in [2.05, 4.69) is 0 Å². The number of aliphatic hydroxyl groups excluding tert-OH is 2. The molecular weight excluding hydrogens is 350 g/mol. The van der Waals surface area contributed by atoms with Crippen LogP contribution in [-0.2, 0) is 20.6 Å². The van der Waals surface area contributed by atoms with Crippen molar-refractivity contribution in [2.45, 2.75) is 69.8 Å². The van der Waals surface area contributed by atoms with Gasteiger partial charge in [0.05, 0.1) is 24.4 Å². The second kappa shape index (κ2) is 8.14. The second-order valence-corrected chi connectivity index (χ2v) is 8.13. The summed E-state index contributed by atoms with van der Waals surface area (Å²) in [5.74, 6) is 0. The summed E-state index contributed by atoms with van der Waals surface area (Å²) in [6.45, 7) is 5.64. The van der Waals surface area contributed by atoms with Gasteiger partial charge in [0.15, 0.2) is 0 Å². The maximum Gasteiger partial charge on any atom is 0.412 e. The SMILES string of the molecule is CC(C)(C)O[C@H]1C[C@@H](N2C(=O)OC[C@@H]2Cc2ccccc2)O[C@@H](CO)[C@@H]1O. The highest BCUT2D eigenvalue weighted by Crippen LogP contribution is 2.31. The summed E-state index contributed by atoms with van der Waals surface area (Å²) in [4.78, 5) is 14.0. The summed E-state index contributed by atoms with van der Waals surface area (Å²) in [6.07, 6.45) is -2.44. The minimum atomic E-state index is -0.961. The predicted octanol–water partition coefficient (Wildman–Crippen LogP) is 1.70. The Balaban J connectivity index is 1.77. The molecule has 0 spiro atoms. The van der Waals surface area contributed by atoms with Crippen LogP contribution in [0.15, 0.2) is 30.3 Å². The van der Waals surface area contributed by atoms with Crippen molar-refractivity contribution in [1.29, 1.82) is 0 Å². The van der Waals surface area contributed by atoms with Crippen LogP contribution in [-0.4, -0.2) is 70.6 Å². The Bertz CT molecular complexity index is 631. The average Bonchev–Trinajstić information content (AvgIpc) is 2.97. The van der Waals surface area contributed by atoms with Crippen molar-refractivity contribution >= 4 is 6.09 Å². The molecule has 2 aliphatic rings. The molecule has 0 saturated carbocycles. The number of rotatable bonds is 5. The van der Waals surface area contributed by atoms with Gasteiger partial charge in [0, 0.05) is 6.42 Å². The van der Waals surface area contributed by atoms with E-state index in [4.69, 9.17) is 14.2 Å². The zero-order valence-electron chi connectivity index (χ0n) is 16.1. The lowest BCUT2D eigenvalue weighted by atomic mass is 9.98. The largest absolute Gasteiger partial charge is 0.447 e. The summed E-state index contributed by atoms with van der Waals surface area (Å²) in [7, 11) is 0. The first-order valence-electron chi connectivity index (χ1n) is 9.39. The Hall–Kier alpha value is -1.67. The van der Waals surface area contributed by atoms with Crippen molar-refractivity contribution in [2.24, 2.45) is 0 Å². The van der Waals surface area contributed by atoms with Crippen LogP contribution in [0.3, 0.4) is 0 Å². The van der Waals surface area contributed by atoms with Gasteiger partial charge in [0.1, 0.15) is 25.0 Å². The first kappa shape index (κ1) is 20.1. The zero-order valence-corrected chi connectivity index (χ0v) is 16.1. The summed E-state index contributed by atoms with van der Waals surface area (Å²) >= 11 is 0. The number of nitrogens with zero attached hydrogens (tertiary/aromatic N) is 1. The third-order valence-electron chi connectivity index (χ3n) is 4.84. The molecule has 1 aromatic carbocycles. The third kappa shape index (κ3) is 4.79. The van der Waals surface area contributed by atoms with Gasteiger partial charge < -0.3 is 24.4 Å².